The molecule has 0 bridgehead atoms. The lowest BCUT2D eigenvalue weighted by Crippen LogP contribution is -2.33. The highest BCUT2D eigenvalue weighted by Crippen LogP contribution is 2.50. The number of fused-ring (bicyclic) bond motifs is 1. The van der Waals surface area contributed by atoms with Gasteiger partial charge in [-0.05, 0) is 43.0 Å². The maximum atomic E-state index is 9.97. The van der Waals surface area contributed by atoms with Crippen molar-refractivity contribution in [1.82, 2.24) is 4.90 Å². The molecule has 21 heavy (non-hydrogen) atoms. The molecule has 114 valence electrons. The van der Waals surface area contributed by atoms with Crippen LogP contribution in [0.4, 0.5) is 0 Å². The van der Waals surface area contributed by atoms with E-state index in [0.717, 1.165) is 37.3 Å². The van der Waals surface area contributed by atoms with Crippen molar-refractivity contribution in [3.63, 3.8) is 0 Å². The highest BCUT2D eigenvalue weighted by Gasteiger charge is 2.45. The number of hydrogen-bond donors (Lipinski definition) is 1. The first-order chi connectivity index (χ1) is 10.1. The van der Waals surface area contributed by atoms with Crippen LogP contribution >= 0.6 is 0 Å². The van der Waals surface area contributed by atoms with Gasteiger partial charge in [0.05, 0.1) is 20.3 Å². The first-order valence-electron chi connectivity index (χ1n) is 7.45. The van der Waals surface area contributed by atoms with Gasteiger partial charge in [-0.25, -0.2) is 0 Å². The largest absolute Gasteiger partial charge is 0.493 e. The number of hydrogen-bond acceptors (Lipinski definition) is 4. The SMILES string of the molecule is COc1ccc(C23CC[C@@H](O)C=C2N(C)CC3)cc1OC. The summed E-state index contributed by atoms with van der Waals surface area (Å²) in [4.78, 5) is 2.26. The summed E-state index contributed by atoms with van der Waals surface area (Å²) >= 11 is 0. The number of benzene rings is 1. The van der Waals surface area contributed by atoms with E-state index in [0.29, 0.717) is 0 Å². The summed E-state index contributed by atoms with van der Waals surface area (Å²) in [6, 6.07) is 6.19. The van der Waals surface area contributed by atoms with Gasteiger partial charge in [-0.15, -0.1) is 0 Å². The standard InChI is InChI=1S/C17H23NO3/c1-18-9-8-17(7-6-13(19)11-16(17)18)12-4-5-14(20-2)15(10-12)21-3/h4-5,10-11,13,19H,6-9H2,1-3H3/t13-,17?/m1/s1. The second kappa shape index (κ2) is 5.26. The van der Waals surface area contributed by atoms with Crippen LogP contribution in [0.1, 0.15) is 24.8 Å². The van der Waals surface area contributed by atoms with E-state index in [1.54, 1.807) is 14.2 Å². The van der Waals surface area contributed by atoms with Crippen LogP contribution in [0.3, 0.4) is 0 Å². The number of likely N-dealkylation sites (tertiary alicyclic amines) is 1. The molecule has 0 amide bonds. The normalized spacial score (nSPS) is 28.1. The summed E-state index contributed by atoms with van der Waals surface area (Å²) in [6.45, 7) is 1.02. The van der Waals surface area contributed by atoms with Gasteiger partial charge in [-0.1, -0.05) is 6.07 Å². The molecule has 0 radical (unpaired) electrons. The van der Waals surface area contributed by atoms with Gasteiger partial charge in [0.1, 0.15) is 0 Å². The van der Waals surface area contributed by atoms with Crippen molar-refractivity contribution in [2.75, 3.05) is 27.8 Å². The van der Waals surface area contributed by atoms with Gasteiger partial charge in [-0.2, -0.15) is 0 Å². The summed E-state index contributed by atoms with van der Waals surface area (Å²) in [6.07, 6.45) is 4.56. The molecular formula is C17H23NO3. The average Bonchev–Trinajstić information content (AvgIpc) is 2.85. The molecular weight excluding hydrogens is 266 g/mol. The van der Waals surface area contributed by atoms with Gasteiger partial charge in [0.15, 0.2) is 11.5 Å². The summed E-state index contributed by atoms with van der Waals surface area (Å²) in [7, 11) is 5.43. The van der Waals surface area contributed by atoms with Crippen molar-refractivity contribution in [2.45, 2.75) is 30.8 Å². The Morgan fingerprint density at radius 1 is 1.19 bits per heavy atom. The van der Waals surface area contributed by atoms with E-state index in [2.05, 4.69) is 24.1 Å². The van der Waals surface area contributed by atoms with Crippen LogP contribution in [0.25, 0.3) is 0 Å². The van der Waals surface area contributed by atoms with E-state index in [-0.39, 0.29) is 11.5 Å². The molecule has 4 heteroatoms. The smallest absolute Gasteiger partial charge is 0.161 e. The Morgan fingerprint density at radius 2 is 1.95 bits per heavy atom. The monoisotopic (exact) mass is 289 g/mol. The van der Waals surface area contributed by atoms with Gasteiger partial charge in [-0.3, -0.25) is 0 Å². The summed E-state index contributed by atoms with van der Waals surface area (Å²) in [5.74, 6) is 1.52. The third kappa shape index (κ3) is 2.18. The minimum absolute atomic E-state index is 0.00747. The number of aliphatic hydroxyl groups excluding tert-OH is 1. The van der Waals surface area contributed by atoms with E-state index in [1.165, 1.54) is 11.3 Å². The number of rotatable bonds is 3. The highest BCUT2D eigenvalue weighted by atomic mass is 16.5. The molecule has 1 aromatic rings. The van der Waals surface area contributed by atoms with Crippen molar-refractivity contribution in [2.24, 2.45) is 0 Å². The van der Waals surface area contributed by atoms with Crippen molar-refractivity contribution in [3.05, 3.63) is 35.5 Å². The lowest BCUT2D eigenvalue weighted by Gasteiger charge is -2.37. The number of methoxy groups -OCH3 is 2. The maximum Gasteiger partial charge on any atom is 0.161 e. The number of allylic oxidation sites excluding steroid dienone is 1. The van der Waals surface area contributed by atoms with Gasteiger partial charge in [0.25, 0.3) is 0 Å². The second-order valence-corrected chi connectivity index (χ2v) is 5.98. The van der Waals surface area contributed by atoms with E-state index < -0.39 is 0 Å². The molecule has 1 heterocycles. The molecule has 0 saturated carbocycles. The summed E-state index contributed by atoms with van der Waals surface area (Å²) < 4.78 is 10.8. The van der Waals surface area contributed by atoms with Crippen molar-refractivity contribution >= 4 is 0 Å². The van der Waals surface area contributed by atoms with Crippen LogP contribution in [-0.4, -0.2) is 43.9 Å². The fourth-order valence-corrected chi connectivity index (χ4v) is 3.74. The van der Waals surface area contributed by atoms with Gasteiger partial charge in [0.2, 0.25) is 0 Å². The van der Waals surface area contributed by atoms with Crippen LogP contribution in [0.2, 0.25) is 0 Å². The maximum absolute atomic E-state index is 9.97. The molecule has 1 fully saturated rings. The Bertz CT molecular complexity index is 569. The minimum Gasteiger partial charge on any atom is -0.493 e. The molecule has 1 aromatic carbocycles. The first kappa shape index (κ1) is 14.3. The molecule has 2 atom stereocenters. The topological polar surface area (TPSA) is 41.9 Å². The van der Waals surface area contributed by atoms with Crippen LogP contribution in [0.15, 0.2) is 30.0 Å². The predicted octanol–water partition coefficient (Wildman–Crippen LogP) is 2.32. The van der Waals surface area contributed by atoms with E-state index in [1.807, 2.05) is 12.1 Å². The van der Waals surface area contributed by atoms with E-state index >= 15 is 0 Å². The molecule has 0 aromatic heterocycles. The molecule has 2 aliphatic rings. The molecule has 4 nitrogen and oxygen atoms in total. The van der Waals surface area contributed by atoms with Gasteiger partial charge in [0, 0.05) is 24.7 Å². The number of likely N-dealkylation sites (N-methyl/N-ethyl adjacent to an activating group) is 1. The molecule has 1 saturated heterocycles. The highest BCUT2D eigenvalue weighted by molar-refractivity contribution is 5.49. The Kier molecular flexibility index (Phi) is 3.57. The van der Waals surface area contributed by atoms with Crippen LogP contribution in [0, 0.1) is 0 Å². The molecule has 1 unspecified atom stereocenters. The predicted molar refractivity (Wildman–Crippen MR) is 81.8 cm³/mol. The minimum atomic E-state index is -0.325. The number of ether oxygens (including phenoxy) is 2. The molecule has 3 rings (SSSR count). The second-order valence-electron chi connectivity index (χ2n) is 5.98. The zero-order valence-electron chi connectivity index (χ0n) is 12.9. The number of nitrogens with zero attached hydrogens (tertiary/aromatic N) is 1. The molecule has 1 aliphatic carbocycles. The quantitative estimate of drug-likeness (QED) is 0.927. The van der Waals surface area contributed by atoms with Crippen LogP contribution in [-0.2, 0) is 5.41 Å². The Balaban J connectivity index is 2.08. The molecule has 0 spiro atoms. The van der Waals surface area contributed by atoms with Crippen molar-refractivity contribution < 1.29 is 14.6 Å². The zero-order valence-corrected chi connectivity index (χ0v) is 12.9. The van der Waals surface area contributed by atoms with Crippen molar-refractivity contribution in [1.29, 1.82) is 0 Å². The third-order valence-electron chi connectivity index (χ3n) is 4.93. The van der Waals surface area contributed by atoms with Crippen LogP contribution in [0.5, 0.6) is 11.5 Å². The van der Waals surface area contributed by atoms with Gasteiger partial charge >= 0.3 is 0 Å². The van der Waals surface area contributed by atoms with E-state index in [4.69, 9.17) is 9.47 Å². The lowest BCUT2D eigenvalue weighted by molar-refractivity contribution is 0.181. The van der Waals surface area contributed by atoms with E-state index in [9.17, 15) is 5.11 Å². The molecule has 1 aliphatic heterocycles. The van der Waals surface area contributed by atoms with Crippen molar-refractivity contribution in [3.8, 4) is 11.5 Å². The van der Waals surface area contributed by atoms with Gasteiger partial charge < -0.3 is 19.5 Å². The Hall–Kier alpha value is -1.68. The fourth-order valence-electron chi connectivity index (χ4n) is 3.74. The average molecular weight is 289 g/mol. The first-order valence-corrected chi connectivity index (χ1v) is 7.45. The summed E-state index contributed by atoms with van der Waals surface area (Å²) in [5, 5.41) is 9.97. The Labute approximate surface area is 126 Å². The zero-order chi connectivity index (χ0) is 15.0. The lowest BCUT2D eigenvalue weighted by atomic mass is 9.70. The fraction of sp³-hybridized carbons (Fsp3) is 0.529. The number of aliphatic hydroxyl groups is 1. The Morgan fingerprint density at radius 3 is 2.67 bits per heavy atom. The molecule has 1 N–H and O–H groups in total. The summed E-state index contributed by atoms with van der Waals surface area (Å²) in [5.41, 5.74) is 2.50. The third-order valence-corrected chi connectivity index (χ3v) is 4.93. The van der Waals surface area contributed by atoms with Crippen LogP contribution < -0.4 is 9.47 Å².